The zero-order chi connectivity index (χ0) is 13.4. The summed E-state index contributed by atoms with van der Waals surface area (Å²) < 4.78 is 0. The monoisotopic (exact) mass is 251 g/mol. The lowest BCUT2D eigenvalue weighted by molar-refractivity contribution is 0.300. The van der Waals surface area contributed by atoms with Crippen molar-refractivity contribution in [3.8, 4) is 0 Å². The highest BCUT2D eigenvalue weighted by Crippen LogP contribution is 2.10. The lowest BCUT2D eigenvalue weighted by atomic mass is 10.3. The number of hydrogen-bond donors (Lipinski definition) is 1. The Hall–Kier alpha value is -1.36. The normalized spacial score (nSPS) is 10.9. The second kappa shape index (κ2) is 7.87. The molecule has 0 unspecified atom stereocenters. The van der Waals surface area contributed by atoms with Gasteiger partial charge in [-0.3, -0.25) is 4.98 Å². The van der Waals surface area contributed by atoms with E-state index < -0.39 is 0 Å². The number of anilines is 2. The van der Waals surface area contributed by atoms with Crippen molar-refractivity contribution >= 4 is 11.6 Å². The summed E-state index contributed by atoms with van der Waals surface area (Å²) >= 11 is 0. The minimum atomic E-state index is 0.481. The molecule has 1 heterocycles. The zero-order valence-corrected chi connectivity index (χ0v) is 11.8. The van der Waals surface area contributed by atoms with Crippen LogP contribution < -0.4 is 10.6 Å². The molecule has 0 atom stereocenters. The van der Waals surface area contributed by atoms with E-state index >= 15 is 0 Å². The van der Waals surface area contributed by atoms with Gasteiger partial charge in [-0.15, -0.1) is 0 Å². The van der Waals surface area contributed by atoms with Gasteiger partial charge in [0.2, 0.25) is 0 Å². The molecule has 0 saturated carbocycles. The van der Waals surface area contributed by atoms with Crippen molar-refractivity contribution in [1.29, 1.82) is 0 Å². The summed E-state index contributed by atoms with van der Waals surface area (Å²) in [4.78, 5) is 13.0. The summed E-state index contributed by atoms with van der Waals surface area (Å²) in [6.45, 7) is 11.8. The van der Waals surface area contributed by atoms with Gasteiger partial charge in [0.15, 0.2) is 0 Å². The van der Waals surface area contributed by atoms with E-state index in [0.717, 1.165) is 45.0 Å². The molecular formula is C13H25N5. The maximum absolute atomic E-state index is 5.66. The molecular weight excluding hydrogens is 226 g/mol. The van der Waals surface area contributed by atoms with E-state index in [-0.39, 0.29) is 0 Å². The van der Waals surface area contributed by atoms with Gasteiger partial charge in [-0.2, -0.15) is 0 Å². The Bertz CT molecular complexity index is 338. The van der Waals surface area contributed by atoms with Gasteiger partial charge in [-0.25, -0.2) is 4.98 Å². The fourth-order valence-corrected chi connectivity index (χ4v) is 1.98. The maximum Gasteiger partial charge on any atom is 0.149 e. The van der Waals surface area contributed by atoms with Crippen molar-refractivity contribution in [2.45, 2.75) is 27.2 Å². The molecule has 0 radical (unpaired) electrons. The summed E-state index contributed by atoms with van der Waals surface area (Å²) in [5, 5.41) is 0. The van der Waals surface area contributed by atoms with Crippen LogP contribution >= 0.6 is 0 Å². The predicted octanol–water partition coefficient (Wildman–Crippen LogP) is 1.62. The summed E-state index contributed by atoms with van der Waals surface area (Å²) in [6, 6.07) is 0. The van der Waals surface area contributed by atoms with E-state index in [2.05, 4.69) is 40.5 Å². The first-order chi connectivity index (χ1) is 8.71. The lowest BCUT2D eigenvalue weighted by Crippen LogP contribution is -2.30. The first kappa shape index (κ1) is 14.7. The van der Waals surface area contributed by atoms with Crippen LogP contribution in [0.3, 0.4) is 0 Å². The summed E-state index contributed by atoms with van der Waals surface area (Å²) in [6.07, 6.45) is 4.48. The van der Waals surface area contributed by atoms with Gasteiger partial charge < -0.3 is 15.5 Å². The average molecular weight is 251 g/mol. The Kier molecular flexibility index (Phi) is 6.43. The van der Waals surface area contributed by atoms with Gasteiger partial charge in [0.1, 0.15) is 11.6 Å². The van der Waals surface area contributed by atoms with Gasteiger partial charge in [-0.05, 0) is 33.0 Å². The molecule has 0 spiro atoms. The quantitative estimate of drug-likeness (QED) is 0.761. The molecule has 0 amide bonds. The molecule has 1 aromatic rings. The fourth-order valence-electron chi connectivity index (χ4n) is 1.98. The minimum absolute atomic E-state index is 0.481. The first-order valence-electron chi connectivity index (χ1n) is 6.76. The van der Waals surface area contributed by atoms with Crippen LogP contribution in [0.2, 0.25) is 0 Å². The van der Waals surface area contributed by atoms with Crippen LogP contribution in [0.4, 0.5) is 11.6 Å². The third-order valence-electron chi connectivity index (χ3n) is 3.14. The molecule has 0 fully saturated rings. The first-order valence-corrected chi connectivity index (χ1v) is 6.76. The molecule has 1 rings (SSSR count). The van der Waals surface area contributed by atoms with Crippen molar-refractivity contribution in [2.75, 3.05) is 43.4 Å². The molecule has 0 bridgehead atoms. The third kappa shape index (κ3) is 4.49. The molecule has 1 aromatic heterocycles. The number of aromatic nitrogens is 2. The van der Waals surface area contributed by atoms with Gasteiger partial charge in [0.25, 0.3) is 0 Å². The average Bonchev–Trinajstić information content (AvgIpc) is 2.39. The topological polar surface area (TPSA) is 58.3 Å². The maximum atomic E-state index is 5.66. The molecule has 0 saturated heterocycles. The summed E-state index contributed by atoms with van der Waals surface area (Å²) in [5.74, 6) is 1.35. The van der Waals surface area contributed by atoms with Crippen LogP contribution in [0.1, 0.15) is 27.2 Å². The van der Waals surface area contributed by atoms with Crippen LogP contribution in [0, 0.1) is 0 Å². The number of hydrogen-bond acceptors (Lipinski definition) is 5. The third-order valence-corrected chi connectivity index (χ3v) is 3.14. The molecule has 102 valence electrons. The Morgan fingerprint density at radius 3 is 2.33 bits per heavy atom. The Balaban J connectivity index is 2.47. The molecule has 0 aromatic carbocycles. The van der Waals surface area contributed by atoms with E-state index in [1.54, 1.807) is 12.4 Å². The van der Waals surface area contributed by atoms with Gasteiger partial charge in [0.05, 0.1) is 12.4 Å². The molecule has 0 aliphatic heterocycles. The highest BCUT2D eigenvalue weighted by molar-refractivity contribution is 5.41. The van der Waals surface area contributed by atoms with E-state index in [9.17, 15) is 0 Å². The van der Waals surface area contributed by atoms with Crippen LogP contribution in [0.15, 0.2) is 12.4 Å². The second-order valence-electron chi connectivity index (χ2n) is 4.26. The number of nitrogens with zero attached hydrogens (tertiary/aromatic N) is 4. The molecule has 0 aliphatic carbocycles. The smallest absolute Gasteiger partial charge is 0.149 e. The van der Waals surface area contributed by atoms with Crippen LogP contribution in [0.5, 0.6) is 0 Å². The molecule has 5 nitrogen and oxygen atoms in total. The fraction of sp³-hybridized carbons (Fsp3) is 0.692. The van der Waals surface area contributed by atoms with E-state index in [0.29, 0.717) is 5.82 Å². The molecule has 5 heteroatoms. The predicted molar refractivity (Wildman–Crippen MR) is 76.7 cm³/mol. The van der Waals surface area contributed by atoms with Crippen LogP contribution in [0.25, 0.3) is 0 Å². The van der Waals surface area contributed by atoms with Gasteiger partial charge in [0, 0.05) is 13.1 Å². The minimum Gasteiger partial charge on any atom is -0.382 e. The van der Waals surface area contributed by atoms with Crippen molar-refractivity contribution in [1.82, 2.24) is 14.9 Å². The Morgan fingerprint density at radius 1 is 1.06 bits per heavy atom. The van der Waals surface area contributed by atoms with Crippen molar-refractivity contribution in [3.63, 3.8) is 0 Å². The molecule has 18 heavy (non-hydrogen) atoms. The Morgan fingerprint density at radius 2 is 1.78 bits per heavy atom. The molecule has 0 aliphatic rings. The Labute approximate surface area is 110 Å². The van der Waals surface area contributed by atoms with Gasteiger partial charge >= 0.3 is 0 Å². The van der Waals surface area contributed by atoms with Crippen LogP contribution in [-0.4, -0.2) is 47.6 Å². The van der Waals surface area contributed by atoms with Crippen molar-refractivity contribution in [2.24, 2.45) is 0 Å². The second-order valence-corrected chi connectivity index (χ2v) is 4.26. The van der Waals surface area contributed by atoms with Crippen molar-refractivity contribution in [3.05, 3.63) is 12.4 Å². The number of nitrogens with two attached hydrogens (primary N) is 1. The van der Waals surface area contributed by atoms with E-state index in [1.165, 1.54) is 0 Å². The number of rotatable bonds is 8. The van der Waals surface area contributed by atoms with Gasteiger partial charge in [-0.1, -0.05) is 13.8 Å². The largest absolute Gasteiger partial charge is 0.382 e. The van der Waals surface area contributed by atoms with E-state index in [4.69, 9.17) is 5.73 Å². The van der Waals surface area contributed by atoms with E-state index in [1.807, 2.05) is 0 Å². The lowest BCUT2D eigenvalue weighted by Gasteiger charge is -2.24. The highest BCUT2D eigenvalue weighted by Gasteiger charge is 2.07. The van der Waals surface area contributed by atoms with Crippen molar-refractivity contribution < 1.29 is 0 Å². The standard InChI is InChI=1S/C13H25N5/c1-4-17(5-2)8-7-9-18(6-3)13-11-15-10-12(14)16-13/h10-11H,4-9H2,1-3H3,(H2,14,16). The summed E-state index contributed by atoms with van der Waals surface area (Å²) in [7, 11) is 0. The SMILES string of the molecule is CCN(CC)CCCN(CC)c1cncc(N)n1. The zero-order valence-electron chi connectivity index (χ0n) is 11.8. The summed E-state index contributed by atoms with van der Waals surface area (Å²) in [5.41, 5.74) is 5.66. The molecule has 2 N–H and O–H groups in total. The highest BCUT2D eigenvalue weighted by atomic mass is 15.2. The number of nitrogen functional groups attached to an aromatic ring is 1. The van der Waals surface area contributed by atoms with Crippen LogP contribution in [-0.2, 0) is 0 Å².